The van der Waals surface area contributed by atoms with Crippen molar-refractivity contribution in [2.75, 3.05) is 33.1 Å². The number of carbonyl (C=O) groups excluding carboxylic acids is 3. The number of allylic oxidation sites excluding steroid dienone is 1. The van der Waals surface area contributed by atoms with Crippen LogP contribution in [0.15, 0.2) is 41.1 Å². The average Bonchev–Trinajstić information content (AvgIpc) is 3.35. The average molecular weight is 524 g/mol. The molecule has 3 aliphatic carbocycles. The first kappa shape index (κ1) is 25.5. The molecule has 1 heterocycles. The van der Waals surface area contributed by atoms with E-state index in [2.05, 4.69) is 10.2 Å². The van der Waals surface area contributed by atoms with Gasteiger partial charge in [-0.2, -0.15) is 5.10 Å². The molecule has 0 bridgehead atoms. The van der Waals surface area contributed by atoms with Crippen LogP contribution in [0.1, 0.15) is 22.3 Å². The number of primary amides is 1. The van der Waals surface area contributed by atoms with Gasteiger partial charge < -0.3 is 31.1 Å². The molecule has 7 N–H and O–H groups in total. The van der Waals surface area contributed by atoms with E-state index in [0.717, 1.165) is 0 Å². The molecule has 12 heteroatoms. The Bertz CT molecular complexity index is 1460. The third kappa shape index (κ3) is 3.23. The molecule has 5 rings (SSSR count). The molecule has 0 saturated heterocycles. The molecule has 38 heavy (non-hydrogen) atoms. The number of aromatic amines is 1. The number of phenolic OH excluding ortho intramolecular Hbond substituents is 1. The second-order valence-corrected chi connectivity index (χ2v) is 10.5. The molecule has 4 atom stereocenters. The van der Waals surface area contributed by atoms with Crippen molar-refractivity contribution in [3.05, 3.63) is 52.3 Å². The van der Waals surface area contributed by atoms with E-state index in [1.807, 2.05) is 4.90 Å². The third-order valence-corrected chi connectivity index (χ3v) is 7.99. The Kier molecular flexibility index (Phi) is 5.65. The van der Waals surface area contributed by atoms with Gasteiger partial charge in [-0.1, -0.05) is 0 Å². The number of benzene rings is 1. The fourth-order valence-corrected chi connectivity index (χ4v) is 6.32. The predicted molar refractivity (Wildman–Crippen MR) is 136 cm³/mol. The molecule has 12 nitrogen and oxygen atoms in total. The number of nitrogens with two attached hydrogens (primary N) is 1. The summed E-state index contributed by atoms with van der Waals surface area (Å²) in [6, 6.07) is 0.714. The third-order valence-electron chi connectivity index (χ3n) is 7.99. The highest BCUT2D eigenvalue weighted by Gasteiger charge is 2.63. The zero-order valence-corrected chi connectivity index (χ0v) is 21.3. The number of aliphatic hydroxyl groups is 3. The highest BCUT2D eigenvalue weighted by atomic mass is 16.3. The van der Waals surface area contributed by atoms with Crippen LogP contribution in [0, 0.1) is 11.8 Å². The minimum atomic E-state index is -2.67. The summed E-state index contributed by atoms with van der Waals surface area (Å²) in [4.78, 5) is 42.8. The molecule has 0 unspecified atom stereocenters. The molecular weight excluding hydrogens is 494 g/mol. The van der Waals surface area contributed by atoms with Crippen molar-refractivity contribution in [3.8, 4) is 16.9 Å². The minimum Gasteiger partial charge on any atom is -0.510 e. The lowest BCUT2D eigenvalue weighted by Gasteiger charge is -2.50. The quantitative estimate of drug-likeness (QED) is 0.309. The van der Waals surface area contributed by atoms with Gasteiger partial charge in [0.05, 0.1) is 17.8 Å². The number of H-pyrrole nitrogens is 1. The first-order chi connectivity index (χ1) is 17.8. The Morgan fingerprint density at radius 1 is 1.18 bits per heavy atom. The number of aromatic hydroxyl groups is 1. The van der Waals surface area contributed by atoms with E-state index < -0.39 is 58.0 Å². The van der Waals surface area contributed by atoms with Crippen molar-refractivity contribution in [1.82, 2.24) is 15.1 Å². The molecule has 0 spiro atoms. The summed E-state index contributed by atoms with van der Waals surface area (Å²) in [7, 11) is 6.78. The summed E-state index contributed by atoms with van der Waals surface area (Å²) in [6.45, 7) is 0. The van der Waals surface area contributed by atoms with Crippen molar-refractivity contribution in [2.45, 2.75) is 24.5 Å². The maximum absolute atomic E-state index is 14.0. The number of phenols is 1. The van der Waals surface area contributed by atoms with Gasteiger partial charge in [0.25, 0.3) is 5.91 Å². The van der Waals surface area contributed by atoms with Crippen LogP contribution in [0.3, 0.4) is 0 Å². The lowest BCUT2D eigenvalue weighted by atomic mass is 9.58. The molecule has 200 valence electrons. The van der Waals surface area contributed by atoms with Crippen molar-refractivity contribution < 1.29 is 34.8 Å². The number of Topliss-reactive ketones (excluding diaryl/α,β-unsaturated/α-hetero) is 2. The lowest BCUT2D eigenvalue weighted by molar-refractivity contribution is -0.148. The van der Waals surface area contributed by atoms with Gasteiger partial charge in [-0.15, -0.1) is 0 Å². The summed E-state index contributed by atoms with van der Waals surface area (Å²) in [6.07, 6.45) is 3.30. The number of carbonyl (C=O) groups is 3. The van der Waals surface area contributed by atoms with Crippen molar-refractivity contribution in [1.29, 1.82) is 0 Å². The molecule has 0 saturated carbocycles. The van der Waals surface area contributed by atoms with Gasteiger partial charge in [-0.05, 0) is 44.5 Å². The summed E-state index contributed by atoms with van der Waals surface area (Å²) >= 11 is 0. The van der Waals surface area contributed by atoms with E-state index in [9.17, 15) is 34.8 Å². The Hall–Kier alpha value is -4.16. The van der Waals surface area contributed by atoms with Gasteiger partial charge in [-0.3, -0.25) is 24.4 Å². The lowest BCUT2D eigenvalue weighted by Crippen LogP contribution is -2.63. The molecule has 1 aromatic carbocycles. The number of fused-ring (bicyclic) bond motifs is 3. The van der Waals surface area contributed by atoms with Crippen LogP contribution in [0.4, 0.5) is 5.69 Å². The second-order valence-electron chi connectivity index (χ2n) is 10.5. The van der Waals surface area contributed by atoms with Gasteiger partial charge in [0.15, 0.2) is 11.4 Å². The van der Waals surface area contributed by atoms with Crippen LogP contribution in [0.25, 0.3) is 11.1 Å². The number of nitrogens with zero attached hydrogens (tertiary/aromatic N) is 3. The Morgan fingerprint density at radius 3 is 2.42 bits per heavy atom. The fraction of sp³-hybridized carbons (Fsp3) is 0.385. The van der Waals surface area contributed by atoms with E-state index >= 15 is 0 Å². The predicted octanol–water partition coefficient (Wildman–Crippen LogP) is 0.577. The van der Waals surface area contributed by atoms with Crippen LogP contribution in [0.2, 0.25) is 0 Å². The van der Waals surface area contributed by atoms with E-state index in [1.54, 1.807) is 40.5 Å². The highest BCUT2D eigenvalue weighted by molar-refractivity contribution is 6.25. The molecule has 2 aromatic rings. The number of nitrogens with one attached hydrogen (secondary N) is 1. The standard InChI is InChI=1S/C26H29N5O7/c1-30(2)15-7-12(11-8-28-29-9-11)20(32)17-13(15)5-10-6-14-19(31(3)4)22(34)18(25(27)37)24(36)26(14,38)23(35)16(10)21(17)33/h7-10,14,19,32,34-35,38H,5-6H2,1-4H3,(H2,27,37)(H,28,29)/t10-,14-,19-,26-/m0/s1. The molecule has 0 fully saturated rings. The van der Waals surface area contributed by atoms with Gasteiger partial charge in [0.2, 0.25) is 5.78 Å². The number of amides is 1. The second kappa shape index (κ2) is 8.43. The van der Waals surface area contributed by atoms with E-state index in [-0.39, 0.29) is 29.7 Å². The fourth-order valence-electron chi connectivity index (χ4n) is 6.32. The number of likely N-dealkylation sites (N-methyl/N-ethyl adjacent to an activating group) is 1. The molecular formula is C26H29N5O7. The van der Waals surface area contributed by atoms with Crippen LogP contribution in [-0.2, 0) is 16.0 Å². The zero-order chi connectivity index (χ0) is 27.8. The number of hydrogen-bond donors (Lipinski definition) is 6. The first-order valence-corrected chi connectivity index (χ1v) is 12.0. The van der Waals surface area contributed by atoms with Crippen LogP contribution in [-0.4, -0.2) is 92.8 Å². The van der Waals surface area contributed by atoms with Crippen LogP contribution >= 0.6 is 0 Å². The van der Waals surface area contributed by atoms with Gasteiger partial charge in [0.1, 0.15) is 22.8 Å². The molecule has 1 amide bonds. The largest absolute Gasteiger partial charge is 0.510 e. The van der Waals surface area contributed by atoms with E-state index in [0.29, 0.717) is 22.4 Å². The molecule has 3 aliphatic rings. The zero-order valence-electron chi connectivity index (χ0n) is 21.3. The number of aromatic nitrogens is 2. The normalized spacial score (nSPS) is 26.8. The monoisotopic (exact) mass is 523 g/mol. The van der Waals surface area contributed by atoms with Gasteiger partial charge in [-0.25, -0.2) is 0 Å². The maximum Gasteiger partial charge on any atom is 0.255 e. The minimum absolute atomic E-state index is 0.0306. The van der Waals surface area contributed by atoms with Crippen LogP contribution < -0.4 is 10.6 Å². The SMILES string of the molecule is CN(C)c1cc(-c2cn[nH]c2)c(O)c2c1C[C@H]1C[C@H]3[C@H](N(C)C)C(O)=C(C(N)=O)C(=O)[C@@]3(O)C(O)=C1C2=O. The summed E-state index contributed by atoms with van der Waals surface area (Å²) in [5.41, 5.74) is 3.71. The Labute approximate surface area is 217 Å². The van der Waals surface area contributed by atoms with E-state index in [4.69, 9.17) is 5.73 Å². The van der Waals surface area contributed by atoms with Gasteiger partial charge >= 0.3 is 0 Å². The van der Waals surface area contributed by atoms with Crippen molar-refractivity contribution in [2.24, 2.45) is 17.6 Å². The molecule has 1 aromatic heterocycles. The maximum atomic E-state index is 14.0. The van der Waals surface area contributed by atoms with Crippen molar-refractivity contribution >= 4 is 23.2 Å². The highest BCUT2D eigenvalue weighted by Crippen LogP contribution is 2.54. The Morgan fingerprint density at radius 2 is 1.87 bits per heavy atom. The number of ketones is 2. The Balaban J connectivity index is 1.76. The summed E-state index contributed by atoms with van der Waals surface area (Å²) in [5, 5.41) is 51.9. The summed E-state index contributed by atoms with van der Waals surface area (Å²) in [5.74, 6) is -6.78. The van der Waals surface area contributed by atoms with Crippen molar-refractivity contribution in [3.63, 3.8) is 0 Å². The van der Waals surface area contributed by atoms with Gasteiger partial charge in [0, 0.05) is 48.6 Å². The number of aliphatic hydroxyl groups excluding tert-OH is 2. The molecule has 0 aliphatic heterocycles. The summed E-state index contributed by atoms with van der Waals surface area (Å²) < 4.78 is 0. The smallest absolute Gasteiger partial charge is 0.255 e. The number of hydrogen-bond acceptors (Lipinski definition) is 10. The number of anilines is 1. The topological polar surface area (TPSA) is 193 Å². The first-order valence-electron chi connectivity index (χ1n) is 12.0. The molecule has 0 radical (unpaired) electrons. The van der Waals surface area contributed by atoms with Crippen LogP contribution in [0.5, 0.6) is 5.75 Å². The van der Waals surface area contributed by atoms with E-state index in [1.165, 1.54) is 11.1 Å². The number of rotatable bonds is 4.